The third-order valence-electron chi connectivity index (χ3n) is 5.42. The van der Waals surface area contributed by atoms with Gasteiger partial charge >= 0.3 is 12.5 Å². The standard InChI is InChI=1S/C26H24BrF6NO2S/c1-24(2,3)37(35)34-25(15-16-7-5-4-6-8-16,17-9-10-22(29)21(27)13-17)18-11-19(28)14-20(12-18)36-26(32,33)23(30)31/h4-14,23,34H,15H2,1-3H3/t25-,37-/m1/s1. The number of alkyl halides is 4. The highest BCUT2D eigenvalue weighted by Crippen LogP contribution is 2.39. The van der Waals surface area contributed by atoms with Crippen molar-refractivity contribution in [3.8, 4) is 5.75 Å². The molecule has 3 aromatic carbocycles. The van der Waals surface area contributed by atoms with Crippen LogP contribution >= 0.6 is 15.9 Å². The zero-order chi connectivity index (χ0) is 27.6. The van der Waals surface area contributed by atoms with Crippen LogP contribution < -0.4 is 9.46 Å². The summed E-state index contributed by atoms with van der Waals surface area (Å²) in [6.07, 6.45) is -9.04. The molecule has 0 saturated heterocycles. The molecule has 11 heteroatoms. The van der Waals surface area contributed by atoms with Crippen LogP contribution in [0.2, 0.25) is 0 Å². The number of ether oxygens (including phenoxy) is 1. The second-order valence-electron chi connectivity index (χ2n) is 9.32. The summed E-state index contributed by atoms with van der Waals surface area (Å²) in [6.45, 7) is 5.06. The molecule has 0 heterocycles. The van der Waals surface area contributed by atoms with Gasteiger partial charge in [-0.05, 0) is 84.1 Å². The fourth-order valence-electron chi connectivity index (χ4n) is 3.57. The van der Waals surface area contributed by atoms with Crippen LogP contribution in [0.3, 0.4) is 0 Å². The van der Waals surface area contributed by atoms with E-state index in [1.807, 2.05) is 0 Å². The van der Waals surface area contributed by atoms with Crippen molar-refractivity contribution < 1.29 is 35.3 Å². The Morgan fingerprint density at radius 2 is 1.59 bits per heavy atom. The van der Waals surface area contributed by atoms with Crippen molar-refractivity contribution in [2.24, 2.45) is 0 Å². The highest BCUT2D eigenvalue weighted by atomic mass is 79.9. The van der Waals surface area contributed by atoms with Gasteiger partial charge in [-0.15, -0.1) is 0 Å². The van der Waals surface area contributed by atoms with Gasteiger partial charge in [0, 0.05) is 6.07 Å². The molecule has 0 aromatic heterocycles. The Bertz CT molecular complexity index is 1270. The van der Waals surface area contributed by atoms with Crippen molar-refractivity contribution in [1.29, 1.82) is 0 Å². The van der Waals surface area contributed by atoms with E-state index in [0.29, 0.717) is 17.2 Å². The Labute approximate surface area is 221 Å². The van der Waals surface area contributed by atoms with Crippen molar-refractivity contribution in [2.45, 2.75) is 50.0 Å². The molecule has 3 rings (SSSR count). The summed E-state index contributed by atoms with van der Waals surface area (Å²) in [7, 11) is -1.82. The molecule has 0 spiro atoms. The average molecular weight is 608 g/mol. The molecule has 3 aromatic rings. The van der Waals surface area contributed by atoms with Gasteiger partial charge < -0.3 is 4.74 Å². The van der Waals surface area contributed by atoms with Gasteiger partial charge in [-0.1, -0.05) is 36.4 Å². The lowest BCUT2D eigenvalue weighted by atomic mass is 9.78. The second-order valence-corrected chi connectivity index (χ2v) is 12.1. The third kappa shape index (κ3) is 6.94. The molecular formula is C26H24BrF6NO2S. The van der Waals surface area contributed by atoms with Crippen LogP contribution in [0.5, 0.6) is 5.75 Å². The van der Waals surface area contributed by atoms with E-state index < -0.39 is 51.2 Å². The molecule has 3 nitrogen and oxygen atoms in total. The first-order valence-corrected chi connectivity index (χ1v) is 12.9. The van der Waals surface area contributed by atoms with Crippen molar-refractivity contribution in [3.63, 3.8) is 0 Å². The fourth-order valence-corrected chi connectivity index (χ4v) is 4.88. The van der Waals surface area contributed by atoms with Crippen molar-refractivity contribution in [1.82, 2.24) is 4.72 Å². The monoisotopic (exact) mass is 607 g/mol. The van der Waals surface area contributed by atoms with Gasteiger partial charge in [-0.2, -0.15) is 17.6 Å². The number of nitrogens with one attached hydrogen (secondary N) is 1. The molecule has 0 aliphatic carbocycles. The normalized spacial score (nSPS) is 14.9. The van der Waals surface area contributed by atoms with E-state index in [1.165, 1.54) is 12.1 Å². The quantitative estimate of drug-likeness (QED) is 0.256. The minimum atomic E-state index is -4.88. The highest BCUT2D eigenvalue weighted by Gasteiger charge is 2.45. The van der Waals surface area contributed by atoms with Crippen LogP contribution in [0.15, 0.2) is 71.2 Å². The summed E-state index contributed by atoms with van der Waals surface area (Å²) in [5.41, 5.74) is -0.673. The Kier molecular flexibility index (Phi) is 8.81. The van der Waals surface area contributed by atoms with Crippen LogP contribution in [0, 0.1) is 11.6 Å². The molecule has 0 amide bonds. The van der Waals surface area contributed by atoms with Gasteiger partial charge in [0.2, 0.25) is 0 Å². The first-order valence-electron chi connectivity index (χ1n) is 11.0. The van der Waals surface area contributed by atoms with Crippen LogP contribution in [-0.2, 0) is 22.9 Å². The van der Waals surface area contributed by atoms with Crippen LogP contribution in [0.25, 0.3) is 0 Å². The number of halogens is 7. The number of rotatable bonds is 9. The molecule has 0 aliphatic rings. The van der Waals surface area contributed by atoms with E-state index in [1.54, 1.807) is 51.1 Å². The maximum atomic E-state index is 14.8. The Morgan fingerprint density at radius 1 is 0.946 bits per heavy atom. The predicted molar refractivity (Wildman–Crippen MR) is 134 cm³/mol. The molecule has 2 atom stereocenters. The summed E-state index contributed by atoms with van der Waals surface area (Å²) in [4.78, 5) is 0. The minimum absolute atomic E-state index is 0.00185. The van der Waals surface area contributed by atoms with Gasteiger partial charge in [0.25, 0.3) is 0 Å². The first-order chi connectivity index (χ1) is 17.1. The fraction of sp³-hybridized carbons (Fsp3) is 0.308. The molecule has 1 N–H and O–H groups in total. The lowest BCUT2D eigenvalue weighted by Crippen LogP contribution is -2.50. The van der Waals surface area contributed by atoms with E-state index in [9.17, 15) is 30.6 Å². The molecule has 200 valence electrons. The molecule has 0 saturated carbocycles. The predicted octanol–water partition coefficient (Wildman–Crippen LogP) is 7.50. The zero-order valence-electron chi connectivity index (χ0n) is 20.0. The lowest BCUT2D eigenvalue weighted by Gasteiger charge is -2.38. The van der Waals surface area contributed by atoms with Crippen molar-refractivity contribution in [2.75, 3.05) is 0 Å². The van der Waals surface area contributed by atoms with E-state index in [2.05, 4.69) is 25.4 Å². The van der Waals surface area contributed by atoms with E-state index >= 15 is 0 Å². The zero-order valence-corrected chi connectivity index (χ0v) is 22.4. The summed E-state index contributed by atoms with van der Waals surface area (Å²) >= 11 is 3.13. The Morgan fingerprint density at radius 3 is 2.16 bits per heavy atom. The van der Waals surface area contributed by atoms with Gasteiger partial charge in [-0.3, -0.25) is 0 Å². The van der Waals surface area contributed by atoms with E-state index in [0.717, 1.165) is 18.2 Å². The van der Waals surface area contributed by atoms with Crippen LogP contribution in [-0.4, -0.2) is 21.5 Å². The van der Waals surface area contributed by atoms with Crippen LogP contribution in [0.1, 0.15) is 37.5 Å². The van der Waals surface area contributed by atoms with Crippen LogP contribution in [0.4, 0.5) is 26.3 Å². The van der Waals surface area contributed by atoms with Gasteiger partial charge in [0.1, 0.15) is 17.4 Å². The van der Waals surface area contributed by atoms with Crippen molar-refractivity contribution >= 4 is 26.9 Å². The summed E-state index contributed by atoms with van der Waals surface area (Å²) in [5.74, 6) is -2.52. The smallest absolute Gasteiger partial charge is 0.428 e. The van der Waals surface area contributed by atoms with Gasteiger partial charge in [-0.25, -0.2) is 17.7 Å². The molecule has 0 unspecified atom stereocenters. The molecule has 0 radical (unpaired) electrons. The molecular weight excluding hydrogens is 584 g/mol. The maximum Gasteiger partial charge on any atom is 0.461 e. The topological polar surface area (TPSA) is 38.3 Å². The maximum absolute atomic E-state index is 14.8. The summed E-state index contributed by atoms with van der Waals surface area (Å²) in [6, 6.07) is 15.2. The first kappa shape index (κ1) is 29.2. The lowest BCUT2D eigenvalue weighted by molar-refractivity contribution is -0.253. The minimum Gasteiger partial charge on any atom is -0.428 e. The summed E-state index contributed by atoms with van der Waals surface area (Å²) in [5, 5.41) is 0. The van der Waals surface area contributed by atoms with Crippen molar-refractivity contribution in [3.05, 3.63) is 99.5 Å². The summed E-state index contributed by atoms with van der Waals surface area (Å²) < 4.78 is 102. The van der Waals surface area contributed by atoms with Gasteiger partial charge in [0.05, 0.1) is 25.7 Å². The van der Waals surface area contributed by atoms with E-state index in [-0.39, 0.29) is 16.5 Å². The third-order valence-corrected chi connectivity index (χ3v) is 7.67. The highest BCUT2D eigenvalue weighted by molar-refractivity contribution is 9.10. The Balaban J connectivity index is 2.33. The second kappa shape index (κ2) is 11.2. The number of benzene rings is 3. The molecule has 0 aliphatic heterocycles. The number of hydrogen-bond donors (Lipinski definition) is 1. The molecule has 0 fully saturated rings. The molecule has 37 heavy (non-hydrogen) atoms. The average Bonchev–Trinajstić information content (AvgIpc) is 2.79. The largest absolute Gasteiger partial charge is 0.461 e. The number of hydrogen-bond acceptors (Lipinski definition) is 2. The molecule has 0 bridgehead atoms. The van der Waals surface area contributed by atoms with E-state index in [4.69, 9.17) is 0 Å². The SMILES string of the molecule is CC(C)(C)[S@@](=O)N[C@@](Cc1ccccc1)(c1cc(F)cc(OC(F)(F)C(F)F)c1)c1ccc(F)c(Br)c1. The van der Waals surface area contributed by atoms with Gasteiger partial charge in [0.15, 0.2) is 0 Å². The Hall–Kier alpha value is -2.37.